The van der Waals surface area contributed by atoms with Gasteiger partial charge in [-0.15, -0.1) is 0 Å². The molecule has 0 saturated carbocycles. The van der Waals surface area contributed by atoms with Gasteiger partial charge in [0.25, 0.3) is 5.56 Å². The number of hydrogen-bond donors (Lipinski definition) is 1. The van der Waals surface area contributed by atoms with Gasteiger partial charge in [-0.2, -0.15) is 0 Å². The zero-order valence-electron chi connectivity index (χ0n) is 10.0. The van der Waals surface area contributed by atoms with E-state index in [2.05, 4.69) is 25.9 Å². The van der Waals surface area contributed by atoms with Gasteiger partial charge in [-0.3, -0.25) is 4.79 Å². The monoisotopic (exact) mass is 288 g/mol. The zero-order chi connectivity index (χ0) is 12.3. The van der Waals surface area contributed by atoms with Crippen LogP contribution >= 0.6 is 15.9 Å². The molecule has 1 atom stereocenters. The largest absolute Gasteiger partial charge is 0.374 e. The van der Waals surface area contributed by atoms with Gasteiger partial charge in [0.1, 0.15) is 16.4 Å². The minimum Gasteiger partial charge on any atom is -0.374 e. The summed E-state index contributed by atoms with van der Waals surface area (Å²) in [7, 11) is 1.62. The molecule has 0 saturated heterocycles. The average Bonchev–Trinajstić information content (AvgIpc) is 2.24. The molecule has 0 aromatic carbocycles. The molecular formula is C11H17BrN2O2. The summed E-state index contributed by atoms with van der Waals surface area (Å²) in [4.78, 5) is 18.9. The first-order valence-electron chi connectivity index (χ1n) is 5.33. The first-order chi connectivity index (χ1) is 7.51. The van der Waals surface area contributed by atoms with Crippen molar-refractivity contribution in [3.05, 3.63) is 26.3 Å². The van der Waals surface area contributed by atoms with Crippen LogP contribution in [0.3, 0.4) is 0 Å². The van der Waals surface area contributed by atoms with E-state index in [4.69, 9.17) is 4.74 Å². The van der Waals surface area contributed by atoms with Crippen LogP contribution in [0.25, 0.3) is 0 Å². The molecule has 0 fully saturated rings. The molecule has 1 rings (SSSR count). The fraction of sp³-hybridized carbons (Fsp3) is 0.636. The smallest absolute Gasteiger partial charge is 0.265 e. The molecule has 0 spiro atoms. The van der Waals surface area contributed by atoms with Gasteiger partial charge >= 0.3 is 0 Å². The maximum absolute atomic E-state index is 11.7. The molecule has 1 unspecified atom stereocenters. The summed E-state index contributed by atoms with van der Waals surface area (Å²) >= 11 is 3.26. The summed E-state index contributed by atoms with van der Waals surface area (Å²) in [6.45, 7) is 6.00. The first kappa shape index (κ1) is 13.4. The van der Waals surface area contributed by atoms with Crippen molar-refractivity contribution in [2.75, 3.05) is 7.11 Å². The maximum Gasteiger partial charge on any atom is 0.265 e. The van der Waals surface area contributed by atoms with Crippen LogP contribution in [0.5, 0.6) is 0 Å². The summed E-state index contributed by atoms with van der Waals surface area (Å²) in [6, 6.07) is 0. The van der Waals surface area contributed by atoms with Crippen LogP contribution in [-0.2, 0) is 4.74 Å². The third-order valence-corrected chi connectivity index (χ3v) is 3.18. The Morgan fingerprint density at radius 3 is 2.56 bits per heavy atom. The number of hydrogen-bond acceptors (Lipinski definition) is 3. The number of ether oxygens (including phenoxy) is 1. The number of aromatic nitrogens is 2. The lowest BCUT2D eigenvalue weighted by Crippen LogP contribution is -2.19. The second-order valence-electron chi connectivity index (χ2n) is 3.94. The van der Waals surface area contributed by atoms with E-state index in [1.165, 1.54) is 0 Å². The second kappa shape index (κ2) is 5.59. The van der Waals surface area contributed by atoms with E-state index in [1.54, 1.807) is 7.11 Å². The van der Waals surface area contributed by atoms with Gasteiger partial charge in [0.2, 0.25) is 0 Å². The molecule has 0 aliphatic rings. The van der Waals surface area contributed by atoms with Gasteiger partial charge in [0.15, 0.2) is 0 Å². The van der Waals surface area contributed by atoms with Crippen LogP contribution in [0.15, 0.2) is 9.27 Å². The highest BCUT2D eigenvalue weighted by Crippen LogP contribution is 2.22. The van der Waals surface area contributed by atoms with E-state index in [9.17, 15) is 4.79 Å². The van der Waals surface area contributed by atoms with Gasteiger partial charge in [0.05, 0.1) is 5.69 Å². The molecule has 16 heavy (non-hydrogen) atoms. The van der Waals surface area contributed by atoms with Gasteiger partial charge in [0, 0.05) is 7.11 Å². The predicted molar refractivity (Wildman–Crippen MR) is 66.7 cm³/mol. The van der Waals surface area contributed by atoms with E-state index in [0.717, 1.165) is 12.1 Å². The van der Waals surface area contributed by atoms with E-state index in [-0.39, 0.29) is 17.6 Å². The third kappa shape index (κ3) is 2.71. The average molecular weight is 289 g/mol. The van der Waals surface area contributed by atoms with Crippen molar-refractivity contribution in [2.45, 2.75) is 39.2 Å². The van der Waals surface area contributed by atoms with Crippen LogP contribution in [0, 0.1) is 0 Å². The number of aromatic amines is 1. The summed E-state index contributed by atoms with van der Waals surface area (Å²) in [6.07, 6.45) is 0.622. The number of nitrogens with one attached hydrogen (secondary N) is 1. The minimum atomic E-state index is -0.154. The fourth-order valence-corrected chi connectivity index (χ4v) is 2.15. The van der Waals surface area contributed by atoms with Crippen LogP contribution in [0.4, 0.5) is 0 Å². The van der Waals surface area contributed by atoms with Crippen LogP contribution in [0.1, 0.15) is 50.7 Å². The molecule has 1 aromatic heterocycles. The van der Waals surface area contributed by atoms with E-state index in [0.29, 0.717) is 10.3 Å². The molecule has 1 heterocycles. The van der Waals surface area contributed by atoms with E-state index < -0.39 is 0 Å². The Morgan fingerprint density at radius 2 is 2.12 bits per heavy atom. The lowest BCUT2D eigenvalue weighted by Gasteiger charge is -2.15. The number of halogens is 1. The Hall–Kier alpha value is -0.680. The number of H-pyrrole nitrogens is 1. The zero-order valence-corrected chi connectivity index (χ0v) is 11.6. The highest BCUT2D eigenvalue weighted by atomic mass is 79.9. The highest BCUT2D eigenvalue weighted by Gasteiger charge is 2.16. The minimum absolute atomic E-state index is 0.149. The lowest BCUT2D eigenvalue weighted by atomic mass is 10.1. The van der Waals surface area contributed by atoms with Crippen LogP contribution in [-0.4, -0.2) is 17.1 Å². The number of methoxy groups -OCH3 is 1. The van der Waals surface area contributed by atoms with Gasteiger partial charge in [-0.1, -0.05) is 20.8 Å². The molecule has 0 amide bonds. The summed E-state index contributed by atoms with van der Waals surface area (Å²) in [5.41, 5.74) is 0.624. The van der Waals surface area contributed by atoms with Crippen molar-refractivity contribution in [3.8, 4) is 0 Å². The summed E-state index contributed by atoms with van der Waals surface area (Å²) in [5, 5.41) is 0. The fourth-order valence-electron chi connectivity index (χ4n) is 1.50. The Bertz CT molecular complexity index is 411. The predicted octanol–water partition coefficient (Wildman–Crippen LogP) is 2.75. The van der Waals surface area contributed by atoms with Gasteiger partial charge < -0.3 is 9.72 Å². The normalized spacial score (nSPS) is 13.1. The molecular weight excluding hydrogens is 272 g/mol. The van der Waals surface area contributed by atoms with Crippen molar-refractivity contribution in [1.82, 2.24) is 9.97 Å². The SMILES string of the molecule is CCC(OC)c1nc(C(C)C)c(Br)c(=O)[nH]1. The van der Waals surface area contributed by atoms with Crippen molar-refractivity contribution < 1.29 is 4.74 Å². The summed E-state index contributed by atoms with van der Waals surface area (Å²) in [5.74, 6) is 0.798. The molecule has 0 radical (unpaired) electrons. The quantitative estimate of drug-likeness (QED) is 0.927. The van der Waals surface area contributed by atoms with E-state index >= 15 is 0 Å². The standard InChI is InChI=1S/C11H17BrN2O2/c1-5-7(16-4)10-13-9(6(2)3)8(12)11(15)14-10/h6-7H,5H2,1-4H3,(H,13,14,15). The van der Waals surface area contributed by atoms with Crippen molar-refractivity contribution in [3.63, 3.8) is 0 Å². The first-order valence-corrected chi connectivity index (χ1v) is 6.12. The molecule has 1 N–H and O–H groups in total. The van der Waals surface area contributed by atoms with Crippen molar-refractivity contribution >= 4 is 15.9 Å². The van der Waals surface area contributed by atoms with Gasteiger partial charge in [-0.05, 0) is 28.3 Å². The Kier molecular flexibility index (Phi) is 4.68. The van der Waals surface area contributed by atoms with Crippen molar-refractivity contribution in [2.24, 2.45) is 0 Å². The third-order valence-electron chi connectivity index (χ3n) is 2.41. The van der Waals surface area contributed by atoms with Crippen LogP contribution in [0.2, 0.25) is 0 Å². The Balaban J connectivity index is 3.28. The molecule has 5 heteroatoms. The molecule has 4 nitrogen and oxygen atoms in total. The number of rotatable bonds is 4. The topological polar surface area (TPSA) is 55.0 Å². The molecule has 1 aromatic rings. The number of nitrogens with zero attached hydrogens (tertiary/aromatic N) is 1. The van der Waals surface area contributed by atoms with Gasteiger partial charge in [-0.25, -0.2) is 4.98 Å². The van der Waals surface area contributed by atoms with Crippen LogP contribution < -0.4 is 5.56 Å². The maximum atomic E-state index is 11.7. The molecule has 0 aliphatic heterocycles. The summed E-state index contributed by atoms with van der Waals surface area (Å²) < 4.78 is 5.78. The molecule has 0 bridgehead atoms. The second-order valence-corrected chi connectivity index (χ2v) is 4.73. The Labute approximate surface area is 104 Å². The lowest BCUT2D eigenvalue weighted by molar-refractivity contribution is 0.0920. The Morgan fingerprint density at radius 1 is 1.50 bits per heavy atom. The highest BCUT2D eigenvalue weighted by molar-refractivity contribution is 9.10. The van der Waals surface area contributed by atoms with E-state index in [1.807, 2.05) is 20.8 Å². The molecule has 0 aliphatic carbocycles. The van der Waals surface area contributed by atoms with Crippen molar-refractivity contribution in [1.29, 1.82) is 0 Å². The molecule has 90 valence electrons.